The van der Waals surface area contributed by atoms with Crippen LogP contribution in [0.25, 0.3) is 10.1 Å². The number of hydrogen-bond donors (Lipinski definition) is 1. The summed E-state index contributed by atoms with van der Waals surface area (Å²) < 4.78 is 11.4. The number of nitrogens with one attached hydrogen (secondary N) is 1. The van der Waals surface area contributed by atoms with E-state index >= 15 is 0 Å². The first-order valence-electron chi connectivity index (χ1n) is 7.07. The molecule has 1 heterocycles. The molecular formula is C16H21NO3S. The lowest BCUT2D eigenvalue weighted by Crippen LogP contribution is -2.25. The standard InChI is InChI=1S/C16H21NO3S/c1-12-13-6-3-4-7-14(13)21-15(12)16(18)17-8-5-9-20-11-10-19-2/h3-4,6-7H,5,8-11H2,1-2H3,(H,17,18). The van der Waals surface area contributed by atoms with Crippen LogP contribution in [0, 0.1) is 6.92 Å². The molecular weight excluding hydrogens is 286 g/mol. The van der Waals surface area contributed by atoms with Crippen molar-refractivity contribution in [2.45, 2.75) is 13.3 Å². The lowest BCUT2D eigenvalue weighted by atomic mass is 10.1. The molecule has 0 saturated carbocycles. The lowest BCUT2D eigenvalue weighted by Gasteiger charge is -2.05. The van der Waals surface area contributed by atoms with Crippen LogP contribution in [0.5, 0.6) is 0 Å². The van der Waals surface area contributed by atoms with E-state index in [1.165, 1.54) is 0 Å². The highest BCUT2D eigenvalue weighted by Gasteiger charge is 2.14. The summed E-state index contributed by atoms with van der Waals surface area (Å²) in [7, 11) is 1.65. The van der Waals surface area contributed by atoms with Gasteiger partial charge >= 0.3 is 0 Å². The van der Waals surface area contributed by atoms with E-state index in [0.29, 0.717) is 26.4 Å². The summed E-state index contributed by atoms with van der Waals surface area (Å²) in [6.07, 6.45) is 0.805. The minimum atomic E-state index is 0.00518. The molecule has 5 heteroatoms. The quantitative estimate of drug-likeness (QED) is 0.763. The molecule has 21 heavy (non-hydrogen) atoms. The summed E-state index contributed by atoms with van der Waals surface area (Å²) >= 11 is 1.55. The Balaban J connectivity index is 1.81. The van der Waals surface area contributed by atoms with Gasteiger partial charge in [-0.05, 0) is 30.4 Å². The first-order valence-corrected chi connectivity index (χ1v) is 7.88. The molecule has 2 rings (SSSR count). The number of methoxy groups -OCH3 is 1. The Morgan fingerprint density at radius 2 is 2.05 bits per heavy atom. The number of thiophene rings is 1. The van der Waals surface area contributed by atoms with Gasteiger partial charge in [-0.15, -0.1) is 11.3 Å². The SMILES string of the molecule is COCCOCCCNC(=O)c1sc2ccccc2c1C. The van der Waals surface area contributed by atoms with E-state index in [1.54, 1.807) is 18.4 Å². The van der Waals surface area contributed by atoms with E-state index in [-0.39, 0.29) is 5.91 Å². The Bertz CT molecular complexity index is 594. The Hall–Kier alpha value is -1.43. The predicted octanol–water partition coefficient (Wildman–Crippen LogP) is 2.99. The van der Waals surface area contributed by atoms with Gasteiger partial charge in [0, 0.05) is 25.0 Å². The number of rotatable bonds is 8. The van der Waals surface area contributed by atoms with Crippen molar-refractivity contribution in [1.29, 1.82) is 0 Å². The number of aryl methyl sites for hydroxylation is 1. The fourth-order valence-electron chi connectivity index (χ4n) is 2.09. The van der Waals surface area contributed by atoms with Gasteiger partial charge in [0.05, 0.1) is 18.1 Å². The molecule has 4 nitrogen and oxygen atoms in total. The Labute approximate surface area is 129 Å². The summed E-state index contributed by atoms with van der Waals surface area (Å²) in [4.78, 5) is 13.0. The first kappa shape index (κ1) is 15.9. The highest BCUT2D eigenvalue weighted by molar-refractivity contribution is 7.21. The largest absolute Gasteiger partial charge is 0.382 e. The maximum atomic E-state index is 12.2. The van der Waals surface area contributed by atoms with Gasteiger partial charge in [0.15, 0.2) is 0 Å². The van der Waals surface area contributed by atoms with Crippen LogP contribution >= 0.6 is 11.3 Å². The monoisotopic (exact) mass is 307 g/mol. The fourth-order valence-corrected chi connectivity index (χ4v) is 3.22. The molecule has 114 valence electrons. The van der Waals surface area contributed by atoms with Gasteiger partial charge in [0.25, 0.3) is 5.91 Å². The van der Waals surface area contributed by atoms with Crippen LogP contribution in [-0.4, -0.2) is 39.4 Å². The molecule has 1 amide bonds. The van der Waals surface area contributed by atoms with Crippen molar-refractivity contribution in [3.05, 3.63) is 34.7 Å². The molecule has 0 fully saturated rings. The molecule has 0 aliphatic carbocycles. The number of fused-ring (bicyclic) bond motifs is 1. The zero-order valence-corrected chi connectivity index (χ0v) is 13.3. The van der Waals surface area contributed by atoms with Crippen LogP contribution in [0.15, 0.2) is 24.3 Å². The summed E-state index contributed by atoms with van der Waals surface area (Å²) in [5.41, 5.74) is 1.06. The summed E-state index contributed by atoms with van der Waals surface area (Å²) in [5.74, 6) is 0.00518. The normalized spacial score (nSPS) is 11.0. The molecule has 0 bridgehead atoms. The molecule has 0 atom stereocenters. The van der Waals surface area contributed by atoms with Gasteiger partial charge in [0.2, 0.25) is 0 Å². The highest BCUT2D eigenvalue weighted by Crippen LogP contribution is 2.30. The van der Waals surface area contributed by atoms with Crippen molar-refractivity contribution >= 4 is 27.3 Å². The van der Waals surface area contributed by atoms with Crippen molar-refractivity contribution in [3.8, 4) is 0 Å². The molecule has 0 spiro atoms. The van der Waals surface area contributed by atoms with Gasteiger partial charge in [-0.3, -0.25) is 4.79 Å². The van der Waals surface area contributed by atoms with Crippen LogP contribution in [0.2, 0.25) is 0 Å². The maximum Gasteiger partial charge on any atom is 0.261 e. The highest BCUT2D eigenvalue weighted by atomic mass is 32.1. The molecule has 0 saturated heterocycles. The zero-order valence-electron chi connectivity index (χ0n) is 12.5. The zero-order chi connectivity index (χ0) is 15.1. The number of hydrogen-bond acceptors (Lipinski definition) is 4. The van der Waals surface area contributed by atoms with Gasteiger partial charge in [-0.1, -0.05) is 18.2 Å². The lowest BCUT2D eigenvalue weighted by molar-refractivity contribution is 0.0688. The van der Waals surface area contributed by atoms with Gasteiger partial charge in [-0.25, -0.2) is 0 Å². The van der Waals surface area contributed by atoms with E-state index in [0.717, 1.165) is 26.9 Å². The number of ether oxygens (including phenoxy) is 2. The predicted molar refractivity (Wildman–Crippen MR) is 86.2 cm³/mol. The number of benzene rings is 1. The van der Waals surface area contributed by atoms with Gasteiger partial charge in [-0.2, -0.15) is 0 Å². The van der Waals surface area contributed by atoms with Gasteiger partial charge in [0.1, 0.15) is 0 Å². The van der Waals surface area contributed by atoms with E-state index < -0.39 is 0 Å². The third-order valence-electron chi connectivity index (χ3n) is 3.23. The van der Waals surface area contributed by atoms with Crippen molar-refractivity contribution in [2.75, 3.05) is 33.5 Å². The van der Waals surface area contributed by atoms with Crippen LogP contribution in [0.1, 0.15) is 21.7 Å². The molecule has 0 aliphatic rings. The van der Waals surface area contributed by atoms with Crippen LogP contribution in [0.3, 0.4) is 0 Å². The Kier molecular flexibility index (Phi) is 6.17. The third-order valence-corrected chi connectivity index (χ3v) is 4.50. The number of amides is 1. The van der Waals surface area contributed by atoms with Crippen LogP contribution in [-0.2, 0) is 9.47 Å². The molecule has 1 N–H and O–H groups in total. The first-order chi connectivity index (χ1) is 10.2. The summed E-state index contributed by atoms with van der Waals surface area (Å²) in [6, 6.07) is 8.10. The Morgan fingerprint density at radius 3 is 2.81 bits per heavy atom. The van der Waals surface area contributed by atoms with Crippen LogP contribution in [0.4, 0.5) is 0 Å². The molecule has 1 aromatic heterocycles. The van der Waals surface area contributed by atoms with E-state index in [1.807, 2.05) is 25.1 Å². The Morgan fingerprint density at radius 1 is 1.24 bits per heavy atom. The molecule has 2 aromatic rings. The van der Waals surface area contributed by atoms with Crippen molar-refractivity contribution < 1.29 is 14.3 Å². The average Bonchev–Trinajstić information content (AvgIpc) is 2.84. The second kappa shape index (κ2) is 8.12. The van der Waals surface area contributed by atoms with E-state index in [9.17, 15) is 4.79 Å². The minimum absolute atomic E-state index is 0.00518. The fraction of sp³-hybridized carbons (Fsp3) is 0.438. The summed E-state index contributed by atoms with van der Waals surface area (Å²) in [5, 5.41) is 4.11. The second-order valence-corrected chi connectivity index (χ2v) is 5.82. The van der Waals surface area contributed by atoms with Crippen molar-refractivity contribution in [1.82, 2.24) is 5.32 Å². The van der Waals surface area contributed by atoms with Crippen molar-refractivity contribution in [2.24, 2.45) is 0 Å². The van der Waals surface area contributed by atoms with Crippen molar-refractivity contribution in [3.63, 3.8) is 0 Å². The third kappa shape index (κ3) is 4.27. The van der Waals surface area contributed by atoms with E-state index in [2.05, 4.69) is 11.4 Å². The van der Waals surface area contributed by atoms with Crippen LogP contribution < -0.4 is 5.32 Å². The molecule has 0 radical (unpaired) electrons. The smallest absolute Gasteiger partial charge is 0.261 e. The average molecular weight is 307 g/mol. The van der Waals surface area contributed by atoms with E-state index in [4.69, 9.17) is 9.47 Å². The molecule has 1 aromatic carbocycles. The molecule has 0 aliphatic heterocycles. The second-order valence-electron chi connectivity index (χ2n) is 4.77. The number of carbonyl (C=O) groups is 1. The minimum Gasteiger partial charge on any atom is -0.382 e. The maximum absolute atomic E-state index is 12.2. The van der Waals surface area contributed by atoms with Gasteiger partial charge < -0.3 is 14.8 Å². The summed E-state index contributed by atoms with van der Waals surface area (Å²) in [6.45, 7) is 4.46. The molecule has 0 unspecified atom stereocenters. The number of carbonyl (C=O) groups excluding carboxylic acids is 1. The topological polar surface area (TPSA) is 47.6 Å².